The van der Waals surface area contributed by atoms with Crippen LogP contribution in [0.25, 0.3) is 0 Å². The van der Waals surface area contributed by atoms with Crippen LogP contribution in [0.1, 0.15) is 58.8 Å². The van der Waals surface area contributed by atoms with Gasteiger partial charge in [-0.25, -0.2) is 0 Å². The fourth-order valence-corrected chi connectivity index (χ4v) is 5.83. The van der Waals surface area contributed by atoms with E-state index >= 15 is 0 Å². The molecule has 0 bridgehead atoms. The summed E-state index contributed by atoms with van der Waals surface area (Å²) in [6, 6.07) is 0. The van der Waals surface area contributed by atoms with Crippen LogP contribution in [-0.4, -0.2) is 25.5 Å². The van der Waals surface area contributed by atoms with Gasteiger partial charge in [-0.1, -0.05) is 25.5 Å². The number of ether oxygens (including phenoxy) is 2. The van der Waals surface area contributed by atoms with Crippen molar-refractivity contribution in [1.82, 2.24) is 0 Å². The molecular formula is C21H30O4. The Balaban J connectivity index is 1.84. The van der Waals surface area contributed by atoms with Crippen molar-refractivity contribution in [2.24, 2.45) is 22.7 Å². The minimum atomic E-state index is -0.410. The molecule has 0 radical (unpaired) electrons. The average Bonchev–Trinajstić information content (AvgIpc) is 2.98. The normalized spacial score (nSPS) is 38.0. The van der Waals surface area contributed by atoms with Crippen LogP contribution in [0.2, 0.25) is 0 Å². The summed E-state index contributed by atoms with van der Waals surface area (Å²) in [5.74, 6) is 0.675. The predicted molar refractivity (Wildman–Crippen MR) is 95.7 cm³/mol. The topological polar surface area (TPSA) is 52.6 Å². The molecule has 3 aliphatic rings. The number of esters is 1. The second kappa shape index (κ2) is 6.62. The van der Waals surface area contributed by atoms with Crippen LogP contribution in [0.15, 0.2) is 24.0 Å². The van der Waals surface area contributed by atoms with E-state index in [0.29, 0.717) is 11.8 Å². The van der Waals surface area contributed by atoms with E-state index in [1.165, 1.54) is 12.7 Å². The zero-order chi connectivity index (χ0) is 18.2. The Labute approximate surface area is 150 Å². The van der Waals surface area contributed by atoms with E-state index in [4.69, 9.17) is 9.47 Å². The summed E-state index contributed by atoms with van der Waals surface area (Å²) in [6.07, 6.45) is 8.27. The molecule has 4 heteroatoms. The lowest BCUT2D eigenvalue weighted by molar-refractivity contribution is -0.167. The first-order valence-corrected chi connectivity index (χ1v) is 9.43. The van der Waals surface area contributed by atoms with Crippen molar-refractivity contribution in [3.05, 3.63) is 24.0 Å². The van der Waals surface area contributed by atoms with E-state index in [1.807, 2.05) is 0 Å². The fraction of sp³-hybridized carbons (Fsp3) is 0.714. The van der Waals surface area contributed by atoms with Gasteiger partial charge in [-0.05, 0) is 62.7 Å². The zero-order valence-electron chi connectivity index (χ0n) is 15.7. The van der Waals surface area contributed by atoms with Gasteiger partial charge in [0, 0.05) is 5.57 Å². The van der Waals surface area contributed by atoms with Crippen LogP contribution in [0.5, 0.6) is 0 Å². The summed E-state index contributed by atoms with van der Waals surface area (Å²) in [4.78, 5) is 24.4. The lowest BCUT2D eigenvalue weighted by Gasteiger charge is -2.57. The number of carbonyl (C=O) groups is 2. The Bertz CT molecular complexity index is 619. The molecule has 2 fully saturated rings. The molecule has 0 aromatic heterocycles. The van der Waals surface area contributed by atoms with Gasteiger partial charge < -0.3 is 9.47 Å². The molecule has 2 aliphatic carbocycles. The maximum Gasteiger partial charge on any atom is 0.311 e. The van der Waals surface area contributed by atoms with E-state index in [0.717, 1.165) is 50.5 Å². The molecule has 25 heavy (non-hydrogen) atoms. The van der Waals surface area contributed by atoms with Crippen molar-refractivity contribution in [3.8, 4) is 0 Å². The molecule has 0 aromatic carbocycles. The molecule has 0 N–H and O–H groups in total. The molecule has 0 spiro atoms. The highest BCUT2D eigenvalue weighted by Gasteiger charge is 2.57. The smallest absolute Gasteiger partial charge is 0.311 e. The summed E-state index contributed by atoms with van der Waals surface area (Å²) in [5.41, 5.74) is 1.70. The summed E-state index contributed by atoms with van der Waals surface area (Å²) in [7, 11) is 1.50. The van der Waals surface area contributed by atoms with Gasteiger partial charge in [-0.3, -0.25) is 9.59 Å². The van der Waals surface area contributed by atoms with Crippen molar-refractivity contribution >= 4 is 11.8 Å². The Morgan fingerprint density at radius 3 is 2.80 bits per heavy atom. The Hall–Kier alpha value is -1.58. The van der Waals surface area contributed by atoms with Gasteiger partial charge in [0.1, 0.15) is 6.61 Å². The van der Waals surface area contributed by atoms with Crippen LogP contribution >= 0.6 is 0 Å². The lowest BCUT2D eigenvalue weighted by Crippen LogP contribution is -2.53. The van der Waals surface area contributed by atoms with Crippen molar-refractivity contribution in [3.63, 3.8) is 0 Å². The Morgan fingerprint density at radius 1 is 1.40 bits per heavy atom. The number of methoxy groups -OCH3 is 1. The highest BCUT2D eigenvalue weighted by atomic mass is 16.5. The minimum absolute atomic E-state index is 0.0413. The first-order chi connectivity index (χ1) is 11.8. The summed E-state index contributed by atoms with van der Waals surface area (Å²) in [6.45, 7) is 8.95. The standard InChI is InChI=1S/C21H30O4/c1-14-6-9-18-20(2,10-5-11-21(18,3)19(23)24-4)16(14)8-7-15-12-25-13-17(15)22/h12,16,18H,1,5-11,13H2,2-4H3/t16-,18?,20+,21-/m0/s1. The van der Waals surface area contributed by atoms with Crippen molar-refractivity contribution < 1.29 is 19.1 Å². The predicted octanol–water partition coefficient (Wildman–Crippen LogP) is 4.20. The third kappa shape index (κ3) is 2.94. The lowest BCUT2D eigenvalue weighted by atomic mass is 9.46. The number of allylic oxidation sites excluding steroid dienone is 1. The number of Topliss-reactive ketones (excluding diaryl/α,β-unsaturated/α-hetero) is 1. The molecule has 4 nitrogen and oxygen atoms in total. The van der Waals surface area contributed by atoms with E-state index in [-0.39, 0.29) is 23.8 Å². The van der Waals surface area contributed by atoms with Crippen LogP contribution < -0.4 is 0 Å². The minimum Gasteiger partial charge on any atom is -0.493 e. The molecule has 4 atom stereocenters. The van der Waals surface area contributed by atoms with Gasteiger partial charge in [0.05, 0.1) is 18.8 Å². The maximum absolute atomic E-state index is 12.6. The van der Waals surface area contributed by atoms with Crippen LogP contribution in [0.3, 0.4) is 0 Å². The molecule has 0 saturated heterocycles. The SMILES string of the molecule is C=C1CCC2[C@](C)(CCC[C@]2(C)C(=O)OC)[C@H]1CCC1=COCC1=O. The molecular weight excluding hydrogens is 316 g/mol. The largest absolute Gasteiger partial charge is 0.493 e. The first-order valence-electron chi connectivity index (χ1n) is 9.43. The van der Waals surface area contributed by atoms with Gasteiger partial charge in [0.25, 0.3) is 0 Å². The molecule has 138 valence electrons. The summed E-state index contributed by atoms with van der Waals surface area (Å²) in [5, 5.41) is 0. The number of ketones is 1. The summed E-state index contributed by atoms with van der Waals surface area (Å²) < 4.78 is 10.3. The highest BCUT2D eigenvalue weighted by Crippen LogP contribution is 2.62. The first kappa shape index (κ1) is 18.2. The van der Waals surface area contributed by atoms with Crippen molar-refractivity contribution in [2.75, 3.05) is 13.7 Å². The third-order valence-electron chi connectivity index (χ3n) is 7.17. The molecule has 1 unspecified atom stereocenters. The quantitative estimate of drug-likeness (QED) is 0.565. The Kier molecular flexibility index (Phi) is 4.82. The molecule has 2 saturated carbocycles. The number of hydrogen-bond acceptors (Lipinski definition) is 4. The van der Waals surface area contributed by atoms with E-state index in [9.17, 15) is 9.59 Å². The van der Waals surface area contributed by atoms with Gasteiger partial charge in [-0.15, -0.1) is 0 Å². The number of hydrogen-bond donors (Lipinski definition) is 0. The monoisotopic (exact) mass is 346 g/mol. The molecule has 1 heterocycles. The number of rotatable bonds is 4. The van der Waals surface area contributed by atoms with Gasteiger partial charge in [0.15, 0.2) is 5.78 Å². The van der Waals surface area contributed by atoms with Crippen LogP contribution in [0, 0.1) is 22.7 Å². The maximum atomic E-state index is 12.6. The Morgan fingerprint density at radius 2 is 2.16 bits per heavy atom. The molecule has 1 aliphatic heterocycles. The number of fused-ring (bicyclic) bond motifs is 1. The van der Waals surface area contributed by atoms with Crippen LogP contribution in [0.4, 0.5) is 0 Å². The summed E-state index contributed by atoms with van der Waals surface area (Å²) >= 11 is 0. The van der Waals surface area contributed by atoms with Crippen LogP contribution in [-0.2, 0) is 19.1 Å². The van der Waals surface area contributed by atoms with Crippen molar-refractivity contribution in [2.45, 2.75) is 58.8 Å². The fourth-order valence-electron chi connectivity index (χ4n) is 5.83. The molecule has 3 rings (SSSR count). The third-order valence-corrected chi connectivity index (χ3v) is 7.17. The molecule has 0 amide bonds. The average molecular weight is 346 g/mol. The number of carbonyl (C=O) groups excluding carboxylic acids is 2. The van der Waals surface area contributed by atoms with Gasteiger partial charge in [0.2, 0.25) is 0 Å². The zero-order valence-corrected chi connectivity index (χ0v) is 15.7. The van der Waals surface area contributed by atoms with E-state index in [1.54, 1.807) is 6.26 Å². The van der Waals surface area contributed by atoms with Crippen molar-refractivity contribution in [1.29, 1.82) is 0 Å². The second-order valence-corrected chi connectivity index (χ2v) is 8.49. The van der Waals surface area contributed by atoms with E-state index < -0.39 is 5.41 Å². The second-order valence-electron chi connectivity index (χ2n) is 8.49. The highest BCUT2D eigenvalue weighted by molar-refractivity contribution is 5.97. The van der Waals surface area contributed by atoms with Gasteiger partial charge >= 0.3 is 5.97 Å². The van der Waals surface area contributed by atoms with Gasteiger partial charge in [-0.2, -0.15) is 0 Å². The van der Waals surface area contributed by atoms with E-state index in [2.05, 4.69) is 20.4 Å². The molecule has 0 aromatic rings.